The predicted molar refractivity (Wildman–Crippen MR) is 122 cm³/mol. The van der Waals surface area contributed by atoms with Crippen molar-refractivity contribution in [3.05, 3.63) is 46.9 Å². The van der Waals surface area contributed by atoms with Gasteiger partial charge in [0.2, 0.25) is 0 Å². The molecule has 3 aromatic rings. The normalized spacial score (nSPS) is 17.8. The van der Waals surface area contributed by atoms with E-state index in [9.17, 15) is 14.3 Å². The summed E-state index contributed by atoms with van der Waals surface area (Å²) in [4.78, 5) is 25.4. The van der Waals surface area contributed by atoms with E-state index in [-0.39, 0.29) is 17.9 Å². The summed E-state index contributed by atoms with van der Waals surface area (Å²) in [5.74, 6) is 0.348. The highest BCUT2D eigenvalue weighted by atomic mass is 35.5. The van der Waals surface area contributed by atoms with Crippen molar-refractivity contribution in [2.45, 2.75) is 32.4 Å². The van der Waals surface area contributed by atoms with Crippen LogP contribution in [0, 0.1) is 5.82 Å². The lowest BCUT2D eigenvalue weighted by atomic mass is 10.1. The number of carbonyl (C=O) groups is 1. The summed E-state index contributed by atoms with van der Waals surface area (Å²) >= 11 is 7.68. The minimum absolute atomic E-state index is 0.0735. The summed E-state index contributed by atoms with van der Waals surface area (Å²) in [6.07, 6.45) is 1.77. The number of aliphatic hydroxyl groups excluding tert-OH is 1. The highest BCUT2D eigenvalue weighted by Gasteiger charge is 2.29. The van der Waals surface area contributed by atoms with Crippen LogP contribution in [0.2, 0.25) is 5.02 Å². The van der Waals surface area contributed by atoms with E-state index in [0.717, 1.165) is 5.56 Å². The standard InChI is InChI=1S/C21H23ClFN5O2S/c1-12-11-27(19-16(22)8-14(10-24-19)7-13(2)29)5-6-28(12)21(30)26-20-25-17-4-3-15(23)9-18(17)31-20/h3-4,8-10,12-13,29H,5-7,11H2,1-2H3,(H,25,26,30)/t12-,13+/m1/s1. The number of rotatable bonds is 4. The molecule has 1 fully saturated rings. The quantitative estimate of drug-likeness (QED) is 0.607. The first-order chi connectivity index (χ1) is 14.8. The van der Waals surface area contributed by atoms with E-state index in [0.29, 0.717) is 52.2 Å². The van der Waals surface area contributed by atoms with Crippen molar-refractivity contribution >= 4 is 50.1 Å². The molecule has 0 unspecified atom stereocenters. The Morgan fingerprint density at radius 2 is 2.23 bits per heavy atom. The molecule has 0 spiro atoms. The van der Waals surface area contributed by atoms with Crippen LogP contribution in [0.5, 0.6) is 0 Å². The van der Waals surface area contributed by atoms with Gasteiger partial charge in [-0.25, -0.2) is 19.2 Å². The Bertz CT molecular complexity index is 1110. The maximum absolute atomic E-state index is 13.4. The molecule has 1 saturated heterocycles. The molecule has 0 aliphatic carbocycles. The van der Waals surface area contributed by atoms with Gasteiger partial charge in [0, 0.05) is 31.9 Å². The molecule has 0 bridgehead atoms. The number of hydrogen-bond donors (Lipinski definition) is 2. The van der Waals surface area contributed by atoms with Gasteiger partial charge in [-0.2, -0.15) is 0 Å². The van der Waals surface area contributed by atoms with Crippen LogP contribution >= 0.6 is 22.9 Å². The molecule has 4 rings (SSSR count). The molecule has 31 heavy (non-hydrogen) atoms. The summed E-state index contributed by atoms with van der Waals surface area (Å²) in [6, 6.07) is 5.88. The van der Waals surface area contributed by atoms with Crippen LogP contribution < -0.4 is 10.2 Å². The van der Waals surface area contributed by atoms with Crippen LogP contribution in [0.3, 0.4) is 0 Å². The van der Waals surface area contributed by atoms with E-state index in [1.54, 1.807) is 24.1 Å². The minimum atomic E-state index is -0.458. The van der Waals surface area contributed by atoms with Crippen molar-refractivity contribution < 1.29 is 14.3 Å². The number of pyridine rings is 1. The Morgan fingerprint density at radius 1 is 1.42 bits per heavy atom. The fourth-order valence-electron chi connectivity index (χ4n) is 3.72. The van der Waals surface area contributed by atoms with Crippen molar-refractivity contribution in [2.24, 2.45) is 0 Å². The second-order valence-electron chi connectivity index (χ2n) is 7.75. The Hall–Kier alpha value is -2.49. The van der Waals surface area contributed by atoms with Crippen molar-refractivity contribution in [1.29, 1.82) is 0 Å². The third-order valence-electron chi connectivity index (χ3n) is 5.16. The highest BCUT2D eigenvalue weighted by Crippen LogP contribution is 2.29. The SMILES string of the molecule is C[C@H](O)Cc1cnc(N2CCN(C(=O)Nc3nc4ccc(F)cc4s3)[C@H](C)C2)c(Cl)c1. The average molecular weight is 464 g/mol. The maximum Gasteiger partial charge on any atom is 0.324 e. The largest absolute Gasteiger partial charge is 0.393 e. The van der Waals surface area contributed by atoms with Crippen molar-refractivity contribution in [2.75, 3.05) is 29.9 Å². The third-order valence-corrected chi connectivity index (χ3v) is 6.37. The van der Waals surface area contributed by atoms with E-state index in [1.807, 2.05) is 13.0 Å². The lowest BCUT2D eigenvalue weighted by molar-refractivity contribution is 0.184. The summed E-state index contributed by atoms with van der Waals surface area (Å²) in [5.41, 5.74) is 1.53. The van der Waals surface area contributed by atoms with E-state index in [1.165, 1.54) is 23.5 Å². The molecule has 1 aliphatic heterocycles. The lowest BCUT2D eigenvalue weighted by Crippen LogP contribution is -2.55. The van der Waals surface area contributed by atoms with Gasteiger partial charge >= 0.3 is 6.03 Å². The zero-order valence-electron chi connectivity index (χ0n) is 17.2. The lowest BCUT2D eigenvalue weighted by Gasteiger charge is -2.40. The van der Waals surface area contributed by atoms with Crippen molar-refractivity contribution in [1.82, 2.24) is 14.9 Å². The number of nitrogens with zero attached hydrogens (tertiary/aromatic N) is 4. The number of carbonyl (C=O) groups excluding carboxylic acids is 1. The number of urea groups is 1. The first-order valence-corrected chi connectivity index (χ1v) is 11.2. The Labute approximate surface area is 188 Å². The van der Waals surface area contributed by atoms with E-state index in [2.05, 4.69) is 20.2 Å². The Kier molecular flexibility index (Phi) is 6.27. The highest BCUT2D eigenvalue weighted by molar-refractivity contribution is 7.22. The molecule has 164 valence electrons. The predicted octanol–water partition coefficient (Wildman–Crippen LogP) is 4.15. The number of fused-ring (bicyclic) bond motifs is 1. The number of benzene rings is 1. The first kappa shape index (κ1) is 21.7. The second-order valence-corrected chi connectivity index (χ2v) is 9.19. The van der Waals surface area contributed by atoms with Crippen LogP contribution in [-0.2, 0) is 6.42 Å². The Balaban J connectivity index is 1.41. The van der Waals surface area contributed by atoms with Gasteiger partial charge in [0.15, 0.2) is 5.13 Å². The summed E-state index contributed by atoms with van der Waals surface area (Å²) in [6.45, 7) is 5.36. The van der Waals surface area contributed by atoms with Crippen LogP contribution in [0.1, 0.15) is 19.4 Å². The molecule has 7 nitrogen and oxygen atoms in total. The summed E-state index contributed by atoms with van der Waals surface area (Å²) in [5, 5.41) is 13.4. The number of piperazine rings is 1. The number of nitrogens with one attached hydrogen (secondary N) is 1. The molecule has 2 atom stereocenters. The molecule has 2 aromatic heterocycles. The minimum Gasteiger partial charge on any atom is -0.393 e. The van der Waals surface area contributed by atoms with E-state index >= 15 is 0 Å². The Morgan fingerprint density at radius 3 is 2.94 bits per heavy atom. The number of aromatic nitrogens is 2. The second kappa shape index (κ2) is 8.94. The van der Waals surface area contributed by atoms with Gasteiger partial charge in [0.1, 0.15) is 11.6 Å². The molecule has 1 aliphatic rings. The number of halogens is 2. The molecule has 2 N–H and O–H groups in total. The molecule has 10 heteroatoms. The monoisotopic (exact) mass is 463 g/mol. The smallest absolute Gasteiger partial charge is 0.324 e. The fourth-order valence-corrected chi connectivity index (χ4v) is 4.91. The van der Waals surface area contributed by atoms with Gasteiger partial charge < -0.3 is 14.9 Å². The maximum atomic E-state index is 13.4. The number of thiazole rings is 1. The molecule has 0 saturated carbocycles. The summed E-state index contributed by atoms with van der Waals surface area (Å²) in [7, 11) is 0. The fraction of sp³-hybridized carbons (Fsp3) is 0.381. The van der Waals surface area contributed by atoms with Gasteiger partial charge in [-0.05, 0) is 50.1 Å². The topological polar surface area (TPSA) is 81.6 Å². The molecule has 0 radical (unpaired) electrons. The van der Waals surface area contributed by atoms with E-state index in [4.69, 9.17) is 11.6 Å². The van der Waals surface area contributed by atoms with Gasteiger partial charge in [-0.15, -0.1) is 0 Å². The molecule has 3 heterocycles. The molecular weight excluding hydrogens is 441 g/mol. The molecule has 1 aromatic carbocycles. The van der Waals surface area contributed by atoms with Crippen LogP contribution in [0.4, 0.5) is 20.1 Å². The summed E-state index contributed by atoms with van der Waals surface area (Å²) < 4.78 is 14.1. The van der Waals surface area contributed by atoms with Gasteiger partial charge in [0.25, 0.3) is 0 Å². The van der Waals surface area contributed by atoms with E-state index < -0.39 is 6.10 Å². The molecular formula is C21H23ClFN5O2S. The zero-order chi connectivity index (χ0) is 22.1. The van der Waals surface area contributed by atoms with Crippen molar-refractivity contribution in [3.63, 3.8) is 0 Å². The third kappa shape index (κ3) is 4.89. The van der Waals surface area contributed by atoms with Crippen LogP contribution in [-0.4, -0.2) is 57.8 Å². The van der Waals surface area contributed by atoms with Crippen LogP contribution in [0.15, 0.2) is 30.5 Å². The number of amides is 2. The number of hydrogen-bond acceptors (Lipinski definition) is 6. The number of aliphatic hydroxyl groups is 1. The first-order valence-electron chi connectivity index (χ1n) is 10.0. The van der Waals surface area contributed by atoms with Gasteiger partial charge in [-0.3, -0.25) is 5.32 Å². The van der Waals surface area contributed by atoms with Crippen LogP contribution in [0.25, 0.3) is 10.2 Å². The van der Waals surface area contributed by atoms with Gasteiger partial charge in [-0.1, -0.05) is 22.9 Å². The number of anilines is 2. The molecule has 2 amide bonds. The average Bonchev–Trinajstić information content (AvgIpc) is 3.08. The zero-order valence-corrected chi connectivity index (χ0v) is 18.8. The van der Waals surface area contributed by atoms with Crippen molar-refractivity contribution in [3.8, 4) is 0 Å². The van der Waals surface area contributed by atoms with Gasteiger partial charge in [0.05, 0.1) is 21.3 Å².